The van der Waals surface area contributed by atoms with Gasteiger partial charge in [-0.05, 0) is 36.1 Å². The minimum Gasteiger partial charge on any atom is -0.321 e. The third-order valence-electron chi connectivity index (χ3n) is 4.18. The second-order valence-electron chi connectivity index (χ2n) is 5.55. The molecule has 1 saturated carbocycles. The molecule has 0 amide bonds. The molecular formula is C17H17F2N. The summed E-state index contributed by atoms with van der Waals surface area (Å²) in [5.41, 5.74) is 7.51. The first-order valence-corrected chi connectivity index (χ1v) is 6.94. The Morgan fingerprint density at radius 1 is 0.950 bits per heavy atom. The zero-order valence-corrected chi connectivity index (χ0v) is 11.2. The molecule has 1 aliphatic carbocycles. The summed E-state index contributed by atoms with van der Waals surface area (Å²) < 4.78 is 28.0. The summed E-state index contributed by atoms with van der Waals surface area (Å²) >= 11 is 0. The minimum absolute atomic E-state index is 0.289. The summed E-state index contributed by atoms with van der Waals surface area (Å²) in [6, 6.07) is 12.0. The van der Waals surface area contributed by atoms with Gasteiger partial charge in [0.1, 0.15) is 0 Å². The van der Waals surface area contributed by atoms with Crippen LogP contribution in [0, 0.1) is 11.6 Å². The molecule has 0 spiro atoms. The molecule has 0 heterocycles. The summed E-state index contributed by atoms with van der Waals surface area (Å²) in [6.07, 6.45) is 3.73. The average molecular weight is 273 g/mol. The van der Waals surface area contributed by atoms with Gasteiger partial charge in [0, 0.05) is 11.1 Å². The second kappa shape index (κ2) is 4.98. The van der Waals surface area contributed by atoms with Crippen LogP contribution in [0.3, 0.4) is 0 Å². The first-order chi connectivity index (χ1) is 9.60. The van der Waals surface area contributed by atoms with Gasteiger partial charge in [0.05, 0.1) is 0 Å². The van der Waals surface area contributed by atoms with Crippen LogP contribution in [-0.4, -0.2) is 0 Å². The third-order valence-corrected chi connectivity index (χ3v) is 4.18. The number of nitrogens with two attached hydrogens (primary N) is 1. The van der Waals surface area contributed by atoms with Crippen molar-refractivity contribution in [3.8, 4) is 11.1 Å². The van der Waals surface area contributed by atoms with Crippen molar-refractivity contribution in [2.45, 2.75) is 31.2 Å². The molecule has 1 nitrogen and oxygen atoms in total. The van der Waals surface area contributed by atoms with E-state index in [4.69, 9.17) is 5.73 Å². The third kappa shape index (κ3) is 2.22. The van der Waals surface area contributed by atoms with Crippen LogP contribution in [0.15, 0.2) is 42.5 Å². The van der Waals surface area contributed by atoms with Crippen LogP contribution in [0.2, 0.25) is 0 Å². The van der Waals surface area contributed by atoms with E-state index < -0.39 is 17.2 Å². The van der Waals surface area contributed by atoms with Gasteiger partial charge in [0.15, 0.2) is 11.6 Å². The molecule has 0 aromatic heterocycles. The van der Waals surface area contributed by atoms with Crippen LogP contribution in [0.1, 0.15) is 31.2 Å². The highest BCUT2D eigenvalue weighted by Gasteiger charge is 2.32. The minimum atomic E-state index is -0.821. The summed E-state index contributed by atoms with van der Waals surface area (Å²) in [6.45, 7) is 0. The van der Waals surface area contributed by atoms with Crippen LogP contribution in [0.25, 0.3) is 11.1 Å². The molecule has 2 aromatic rings. The highest BCUT2D eigenvalue weighted by Crippen LogP contribution is 2.38. The molecule has 0 bridgehead atoms. The predicted octanol–water partition coefficient (Wildman–Crippen LogP) is 4.36. The van der Waals surface area contributed by atoms with Gasteiger partial charge in [-0.2, -0.15) is 0 Å². The van der Waals surface area contributed by atoms with E-state index in [1.165, 1.54) is 6.07 Å². The summed E-state index contributed by atoms with van der Waals surface area (Å²) in [5, 5.41) is 0. The van der Waals surface area contributed by atoms with Gasteiger partial charge < -0.3 is 5.73 Å². The Kier molecular flexibility index (Phi) is 3.30. The highest BCUT2D eigenvalue weighted by molar-refractivity contribution is 5.65. The van der Waals surface area contributed by atoms with Gasteiger partial charge >= 0.3 is 0 Å². The van der Waals surface area contributed by atoms with Crippen molar-refractivity contribution < 1.29 is 8.78 Å². The Balaban J connectivity index is 2.13. The van der Waals surface area contributed by atoms with E-state index in [1.807, 2.05) is 18.2 Å². The van der Waals surface area contributed by atoms with E-state index in [2.05, 4.69) is 0 Å². The second-order valence-corrected chi connectivity index (χ2v) is 5.55. The molecule has 0 unspecified atom stereocenters. The molecule has 0 aliphatic heterocycles. The molecule has 104 valence electrons. The fraction of sp³-hybridized carbons (Fsp3) is 0.294. The van der Waals surface area contributed by atoms with Crippen LogP contribution in [-0.2, 0) is 5.54 Å². The van der Waals surface area contributed by atoms with Crippen LogP contribution >= 0.6 is 0 Å². The molecule has 0 radical (unpaired) electrons. The lowest BCUT2D eigenvalue weighted by Crippen LogP contribution is -2.33. The van der Waals surface area contributed by atoms with Gasteiger partial charge in [0.2, 0.25) is 0 Å². The Hall–Kier alpha value is -1.74. The van der Waals surface area contributed by atoms with Crippen molar-refractivity contribution in [3.05, 3.63) is 59.7 Å². The van der Waals surface area contributed by atoms with Crippen molar-refractivity contribution in [2.75, 3.05) is 0 Å². The average Bonchev–Trinajstić information content (AvgIpc) is 2.91. The summed E-state index contributed by atoms with van der Waals surface area (Å²) in [5.74, 6) is -1.63. The van der Waals surface area contributed by atoms with E-state index in [9.17, 15) is 8.78 Å². The molecule has 20 heavy (non-hydrogen) atoms. The molecule has 2 N–H and O–H groups in total. The molecule has 3 heteroatoms. The van der Waals surface area contributed by atoms with Gasteiger partial charge in [-0.25, -0.2) is 8.78 Å². The Labute approximate surface area is 117 Å². The zero-order valence-electron chi connectivity index (χ0n) is 11.2. The van der Waals surface area contributed by atoms with Crippen LogP contribution in [0.5, 0.6) is 0 Å². The lowest BCUT2D eigenvalue weighted by molar-refractivity contribution is 0.450. The predicted molar refractivity (Wildman–Crippen MR) is 76.1 cm³/mol. The largest absolute Gasteiger partial charge is 0.321 e. The lowest BCUT2D eigenvalue weighted by atomic mass is 9.87. The molecule has 0 saturated heterocycles. The van der Waals surface area contributed by atoms with Crippen molar-refractivity contribution in [3.63, 3.8) is 0 Å². The van der Waals surface area contributed by atoms with Crippen molar-refractivity contribution >= 4 is 0 Å². The number of benzene rings is 2. The van der Waals surface area contributed by atoms with E-state index in [0.717, 1.165) is 25.7 Å². The number of rotatable bonds is 2. The zero-order chi connectivity index (χ0) is 14.2. The van der Waals surface area contributed by atoms with E-state index in [-0.39, 0.29) is 5.56 Å². The highest BCUT2D eigenvalue weighted by atomic mass is 19.2. The molecule has 1 fully saturated rings. The fourth-order valence-electron chi connectivity index (χ4n) is 3.00. The van der Waals surface area contributed by atoms with E-state index in [0.29, 0.717) is 11.1 Å². The number of halogens is 2. The van der Waals surface area contributed by atoms with Crippen molar-refractivity contribution in [2.24, 2.45) is 5.73 Å². The summed E-state index contributed by atoms with van der Waals surface area (Å²) in [7, 11) is 0. The topological polar surface area (TPSA) is 26.0 Å². The quantitative estimate of drug-likeness (QED) is 0.864. The van der Waals surface area contributed by atoms with Crippen LogP contribution in [0.4, 0.5) is 8.78 Å². The van der Waals surface area contributed by atoms with Crippen LogP contribution < -0.4 is 5.73 Å². The first kappa shape index (κ1) is 13.3. The maximum absolute atomic E-state index is 14.1. The number of hydrogen-bond acceptors (Lipinski definition) is 1. The smallest absolute Gasteiger partial charge is 0.166 e. The Morgan fingerprint density at radius 2 is 1.60 bits per heavy atom. The summed E-state index contributed by atoms with van der Waals surface area (Å²) in [4.78, 5) is 0. The van der Waals surface area contributed by atoms with Gasteiger partial charge in [-0.3, -0.25) is 0 Å². The van der Waals surface area contributed by atoms with Gasteiger partial charge in [-0.15, -0.1) is 0 Å². The van der Waals surface area contributed by atoms with Crippen molar-refractivity contribution in [1.82, 2.24) is 0 Å². The monoisotopic (exact) mass is 273 g/mol. The number of hydrogen-bond donors (Lipinski definition) is 1. The Bertz CT molecular complexity index is 616. The maximum Gasteiger partial charge on any atom is 0.166 e. The molecule has 1 aliphatic rings. The fourth-order valence-corrected chi connectivity index (χ4v) is 3.00. The van der Waals surface area contributed by atoms with Gasteiger partial charge in [-0.1, -0.05) is 43.2 Å². The molecule has 0 atom stereocenters. The van der Waals surface area contributed by atoms with E-state index >= 15 is 0 Å². The molecular weight excluding hydrogens is 256 g/mol. The molecule has 3 rings (SSSR count). The van der Waals surface area contributed by atoms with Gasteiger partial charge in [0.25, 0.3) is 0 Å². The normalized spacial score (nSPS) is 17.4. The maximum atomic E-state index is 14.1. The SMILES string of the molecule is NC1(c2cc(F)c(F)c(-c3ccccc3)c2)CCCC1. The Morgan fingerprint density at radius 3 is 2.25 bits per heavy atom. The van der Waals surface area contributed by atoms with E-state index in [1.54, 1.807) is 18.2 Å². The lowest BCUT2D eigenvalue weighted by Gasteiger charge is -2.25. The molecule has 2 aromatic carbocycles. The standard InChI is InChI=1S/C17H17F2N/c18-15-11-13(17(20)8-4-5-9-17)10-14(16(15)19)12-6-2-1-3-7-12/h1-3,6-7,10-11H,4-5,8-9,20H2. The van der Waals surface area contributed by atoms with Crippen molar-refractivity contribution in [1.29, 1.82) is 0 Å². The first-order valence-electron chi connectivity index (χ1n) is 6.94.